The number of likely N-dealkylation sites (N-methyl/N-ethyl adjacent to an activating group) is 1. The number of rotatable bonds is 5. The van der Waals surface area contributed by atoms with Gasteiger partial charge in [0.1, 0.15) is 46.6 Å². The number of anilines is 3. The topological polar surface area (TPSA) is 143 Å². The average molecular weight is 644 g/mol. The van der Waals surface area contributed by atoms with Crippen LogP contribution in [0.1, 0.15) is 61.6 Å². The molecule has 0 spiro atoms. The molecule has 2 N–H and O–H groups in total. The fourth-order valence-corrected chi connectivity index (χ4v) is 5.41. The number of pyridine rings is 1. The molecule has 244 valence electrons. The summed E-state index contributed by atoms with van der Waals surface area (Å²) in [6, 6.07) is 5.52. The van der Waals surface area contributed by atoms with Gasteiger partial charge in [0.25, 0.3) is 0 Å². The second-order valence-corrected chi connectivity index (χ2v) is 12.3. The second-order valence-electron chi connectivity index (χ2n) is 12.3. The van der Waals surface area contributed by atoms with E-state index in [4.69, 9.17) is 4.74 Å². The largest absolute Gasteiger partial charge is 0.444 e. The Kier molecular flexibility index (Phi) is 8.54. The van der Waals surface area contributed by atoms with Gasteiger partial charge < -0.3 is 29.7 Å². The Balaban J connectivity index is 1.38. The van der Waals surface area contributed by atoms with E-state index >= 15 is 4.39 Å². The number of aromatic nitrogens is 4. The average Bonchev–Trinajstić information content (AvgIpc) is 3.38. The Labute approximate surface area is 262 Å². The normalized spacial score (nSPS) is 17.5. The van der Waals surface area contributed by atoms with Crippen LogP contribution in [0.3, 0.4) is 0 Å². The third-order valence-corrected chi connectivity index (χ3v) is 7.65. The Bertz CT molecular complexity index is 1690. The minimum Gasteiger partial charge on any atom is -0.444 e. The first kappa shape index (κ1) is 32.5. The highest BCUT2D eigenvalue weighted by Crippen LogP contribution is 2.37. The van der Waals surface area contributed by atoms with Crippen LogP contribution in [-0.4, -0.2) is 75.4 Å². The number of carbonyl (C=O) groups is 2. The molecule has 0 bridgehead atoms. The summed E-state index contributed by atoms with van der Waals surface area (Å²) in [4.78, 5) is 37.6. The van der Waals surface area contributed by atoms with E-state index in [9.17, 15) is 28.0 Å². The molecule has 1 aromatic carbocycles. The van der Waals surface area contributed by atoms with Crippen molar-refractivity contribution >= 4 is 29.2 Å². The van der Waals surface area contributed by atoms with Crippen LogP contribution in [0, 0.1) is 24.1 Å². The first-order valence-corrected chi connectivity index (χ1v) is 14.5. The van der Waals surface area contributed by atoms with Crippen LogP contribution in [0.15, 0.2) is 24.3 Å². The van der Waals surface area contributed by atoms with E-state index in [1.165, 1.54) is 31.0 Å². The zero-order chi connectivity index (χ0) is 33.6. The maximum Gasteiger partial charge on any atom is 0.417 e. The molecular formula is C30H33F4N9O3. The highest BCUT2D eigenvalue weighted by atomic mass is 19.4. The van der Waals surface area contributed by atoms with Crippen LogP contribution >= 0.6 is 0 Å². The number of likely N-dealkylation sites (tertiary alicyclic amines) is 1. The van der Waals surface area contributed by atoms with Crippen molar-refractivity contribution < 1.29 is 31.9 Å². The number of H-pyrrole nitrogens is 1. The molecule has 0 saturated carbocycles. The number of aryl methyl sites for hydroxylation is 1. The van der Waals surface area contributed by atoms with Crippen molar-refractivity contribution in [2.24, 2.45) is 0 Å². The Hall–Kier alpha value is -4.94. The molecular weight excluding hydrogens is 610 g/mol. The molecule has 0 aliphatic carbocycles. The number of halogens is 4. The third kappa shape index (κ3) is 6.68. The van der Waals surface area contributed by atoms with Crippen LogP contribution in [0.5, 0.6) is 0 Å². The van der Waals surface area contributed by atoms with Crippen LogP contribution in [0.25, 0.3) is 0 Å². The molecule has 16 heteroatoms. The van der Waals surface area contributed by atoms with E-state index in [0.717, 1.165) is 6.07 Å². The predicted octanol–water partition coefficient (Wildman–Crippen LogP) is 4.73. The molecule has 1 fully saturated rings. The van der Waals surface area contributed by atoms with Crippen molar-refractivity contribution in [3.8, 4) is 6.07 Å². The van der Waals surface area contributed by atoms with Crippen molar-refractivity contribution in [1.29, 1.82) is 5.26 Å². The van der Waals surface area contributed by atoms with Gasteiger partial charge in [-0.25, -0.2) is 14.2 Å². The lowest BCUT2D eigenvalue weighted by atomic mass is 10.0. The number of fused-ring (bicyclic) bond motifs is 1. The molecule has 2 aliphatic rings. The molecule has 0 unspecified atom stereocenters. The number of hydrogen-bond donors (Lipinski definition) is 2. The molecule has 3 aromatic rings. The summed E-state index contributed by atoms with van der Waals surface area (Å²) in [6.07, 6.45) is -5.21. The maximum atomic E-state index is 15.4. The number of aromatic amines is 1. The van der Waals surface area contributed by atoms with Gasteiger partial charge >= 0.3 is 12.3 Å². The molecule has 0 radical (unpaired) electrons. The SMILES string of the molecule is Cc1cc(C(F)(F)F)c(C#N)c(N[C@H]2CCN(Cc3nnc(C4CN(C(=O)OC(C)(C)C)C4)[nH]3)c3c(F)cccc3N(C)C2=O)n1. The number of hydrogen-bond acceptors (Lipinski definition) is 9. The van der Waals surface area contributed by atoms with Gasteiger partial charge in [-0.05, 0) is 52.3 Å². The zero-order valence-electron chi connectivity index (χ0n) is 25.9. The molecule has 2 aromatic heterocycles. The van der Waals surface area contributed by atoms with Gasteiger partial charge in [-0.3, -0.25) is 4.79 Å². The van der Waals surface area contributed by atoms with Crippen LogP contribution < -0.4 is 15.1 Å². The number of carbonyl (C=O) groups excluding carboxylic acids is 2. The van der Waals surface area contributed by atoms with Crippen LogP contribution in [0.4, 0.5) is 39.5 Å². The van der Waals surface area contributed by atoms with Gasteiger partial charge in [0.2, 0.25) is 5.91 Å². The lowest BCUT2D eigenvalue weighted by Crippen LogP contribution is -2.50. The zero-order valence-corrected chi connectivity index (χ0v) is 25.9. The number of nitrogens with zero attached hydrogens (tertiary/aromatic N) is 7. The number of para-hydroxylation sites is 1. The van der Waals surface area contributed by atoms with Crippen molar-refractivity contribution in [1.82, 2.24) is 25.1 Å². The first-order chi connectivity index (χ1) is 21.6. The van der Waals surface area contributed by atoms with Gasteiger partial charge in [-0.15, -0.1) is 10.2 Å². The van der Waals surface area contributed by atoms with Crippen molar-refractivity contribution in [3.63, 3.8) is 0 Å². The fraction of sp³-hybridized carbons (Fsp3) is 0.467. The quantitative estimate of drug-likeness (QED) is 0.378. The number of nitriles is 1. The summed E-state index contributed by atoms with van der Waals surface area (Å²) in [6.45, 7) is 7.63. The fourth-order valence-electron chi connectivity index (χ4n) is 5.41. The van der Waals surface area contributed by atoms with Gasteiger partial charge in [0, 0.05) is 32.4 Å². The lowest BCUT2D eigenvalue weighted by molar-refractivity contribution is -0.137. The maximum absolute atomic E-state index is 15.4. The third-order valence-electron chi connectivity index (χ3n) is 7.65. The Morgan fingerprint density at radius 3 is 2.59 bits per heavy atom. The monoisotopic (exact) mass is 643 g/mol. The Morgan fingerprint density at radius 1 is 1.22 bits per heavy atom. The number of nitrogens with one attached hydrogen (secondary N) is 2. The molecule has 12 nitrogen and oxygen atoms in total. The standard InChI is InChI=1S/C30H33F4N9O3/c1-16-11-19(30(32,33)34)18(12-35)26(36-16)37-21-9-10-42(24-20(31)7-6-8-22(24)41(5)27(21)44)15-23-38-25(40-39-23)17-13-43(14-17)28(45)46-29(2,3)4/h6-8,11,17,21H,9-10,13-15H2,1-5H3,(H,36,37)(H,38,39,40)/t21-/m0/s1. The number of amides is 2. The highest BCUT2D eigenvalue weighted by molar-refractivity contribution is 6.01. The van der Waals surface area contributed by atoms with E-state index < -0.39 is 46.8 Å². The molecule has 4 heterocycles. The summed E-state index contributed by atoms with van der Waals surface area (Å²) in [5.74, 6) is -0.640. The second kappa shape index (κ2) is 12.1. The van der Waals surface area contributed by atoms with E-state index in [-0.39, 0.29) is 48.3 Å². The molecule has 46 heavy (non-hydrogen) atoms. The van der Waals surface area contributed by atoms with Gasteiger partial charge in [0.15, 0.2) is 0 Å². The highest BCUT2D eigenvalue weighted by Gasteiger charge is 2.39. The van der Waals surface area contributed by atoms with E-state index in [1.807, 2.05) is 0 Å². The number of alkyl halides is 3. The van der Waals surface area contributed by atoms with Gasteiger partial charge in [-0.1, -0.05) is 6.07 Å². The number of benzene rings is 1. The Morgan fingerprint density at radius 2 is 1.93 bits per heavy atom. The summed E-state index contributed by atoms with van der Waals surface area (Å²) in [7, 11) is 1.44. The molecule has 2 aliphatic heterocycles. The van der Waals surface area contributed by atoms with Crippen molar-refractivity contribution in [2.75, 3.05) is 41.8 Å². The minimum atomic E-state index is -4.81. The summed E-state index contributed by atoms with van der Waals surface area (Å²) in [5, 5.41) is 20.8. The first-order valence-electron chi connectivity index (χ1n) is 14.5. The van der Waals surface area contributed by atoms with Crippen LogP contribution in [-0.2, 0) is 22.3 Å². The van der Waals surface area contributed by atoms with E-state index in [2.05, 4.69) is 25.5 Å². The lowest BCUT2D eigenvalue weighted by Gasteiger charge is -2.38. The summed E-state index contributed by atoms with van der Waals surface area (Å²) < 4.78 is 61.9. The van der Waals surface area contributed by atoms with Crippen LogP contribution in [0.2, 0.25) is 0 Å². The van der Waals surface area contributed by atoms with E-state index in [1.54, 1.807) is 42.7 Å². The summed E-state index contributed by atoms with van der Waals surface area (Å²) >= 11 is 0. The van der Waals surface area contributed by atoms with E-state index in [0.29, 0.717) is 24.7 Å². The molecule has 5 rings (SSSR count). The molecule has 1 atom stereocenters. The minimum absolute atomic E-state index is 0.0105. The van der Waals surface area contributed by atoms with Crippen molar-refractivity contribution in [2.45, 2.75) is 64.4 Å². The van der Waals surface area contributed by atoms with Gasteiger partial charge in [-0.2, -0.15) is 18.4 Å². The molecule has 2 amide bonds. The summed E-state index contributed by atoms with van der Waals surface area (Å²) in [5.41, 5.74) is -2.12. The predicted molar refractivity (Wildman–Crippen MR) is 159 cm³/mol. The van der Waals surface area contributed by atoms with Gasteiger partial charge in [0.05, 0.1) is 29.4 Å². The molecule has 1 saturated heterocycles. The van der Waals surface area contributed by atoms with Crippen molar-refractivity contribution in [3.05, 3.63) is 58.6 Å². The number of ether oxygens (including phenoxy) is 1. The smallest absolute Gasteiger partial charge is 0.417 e.